The minimum absolute atomic E-state index is 0. The molecule has 0 saturated carbocycles. The van der Waals surface area contributed by atoms with Crippen LogP contribution in [0, 0.1) is 83.5 Å². The quantitative estimate of drug-likeness (QED) is 0.103. The third-order valence-corrected chi connectivity index (χ3v) is 2.42. The minimum atomic E-state index is -2.27. The minimum Gasteiger partial charge on any atom is -0.479 e. The molecule has 0 rings (SSSR count). The van der Waals surface area contributed by atoms with E-state index in [2.05, 4.69) is 0 Å². The second kappa shape index (κ2) is 36.1. The average Bonchev–Trinajstić information content (AvgIpc) is 2.64. The molecule has 38 heavy (non-hydrogen) atoms. The van der Waals surface area contributed by atoms with E-state index in [-0.39, 0.29) is 116 Å². The van der Waals surface area contributed by atoms with Gasteiger partial charge in [0.15, 0.2) is 36.6 Å². The van der Waals surface area contributed by atoms with E-state index in [1.165, 1.54) is 0 Å². The number of aliphatic hydroxyl groups excluding tert-OH is 6. The van der Waals surface area contributed by atoms with E-state index in [4.69, 9.17) is 61.3 Å². The molecule has 0 bridgehead atoms. The summed E-state index contributed by atoms with van der Waals surface area (Å²) in [5.74, 6) is -10.6. The predicted molar refractivity (Wildman–Crippen MR) is 104 cm³/mol. The fraction of sp³-hybridized carbons (Fsp3) is 0.500. The molecule has 24 nitrogen and oxygen atoms in total. The van der Waals surface area contributed by atoms with Crippen LogP contribution in [-0.4, -0.2) is 167 Å². The molecule has 0 spiro atoms. The van der Waals surface area contributed by atoms with Crippen LogP contribution < -0.4 is 0 Å². The van der Waals surface area contributed by atoms with Crippen molar-refractivity contribution in [3.05, 3.63) is 0 Å². The zero-order chi connectivity index (χ0) is 24.9. The Kier molecular flexibility index (Phi) is 67.4. The summed E-state index contributed by atoms with van der Waals surface area (Å²) >= 11 is 0. The Labute approximate surface area is 276 Å². The smallest absolute Gasteiger partial charge is 0.335 e. The van der Waals surface area contributed by atoms with Gasteiger partial charge in [-0.1, -0.05) is 0 Å². The summed E-state index contributed by atoms with van der Waals surface area (Å²) in [5, 5.41) is 97.6. The molecule has 0 fully saturated rings. The molecule has 0 aromatic carbocycles. The number of rotatable bonds is 9. The molecule has 24 N–H and O–H groups in total. The summed E-state index contributed by atoms with van der Waals surface area (Å²) < 4.78 is 0. The van der Waals surface area contributed by atoms with Gasteiger partial charge in [-0.05, 0) is 0 Å². The van der Waals surface area contributed by atoms with Crippen LogP contribution in [0.3, 0.4) is 0 Å². The number of aliphatic hydroxyl groups is 6. The van der Waals surface area contributed by atoms with E-state index in [1.54, 1.807) is 0 Å². The first-order valence-corrected chi connectivity index (χ1v) is 6.85. The van der Waals surface area contributed by atoms with Gasteiger partial charge in [0, 0.05) is 83.5 Å². The number of hydrogen-bond donors (Lipinski definition) is 12. The summed E-state index contributed by atoms with van der Waals surface area (Å²) in [7, 11) is 0. The maximum Gasteiger partial charge on any atom is 0.335 e. The van der Waals surface area contributed by atoms with Gasteiger partial charge in [0.2, 0.25) is 0 Å². The van der Waals surface area contributed by atoms with Crippen molar-refractivity contribution >= 4 is 35.8 Å². The number of aliphatic carboxylic acids is 6. The van der Waals surface area contributed by atoms with Gasteiger partial charge in [-0.15, -0.1) is 0 Å². The topological polar surface area (TPSA) is 534 Å². The van der Waals surface area contributed by atoms with Crippen LogP contribution in [0.5, 0.6) is 0 Å². The van der Waals surface area contributed by atoms with Crippen molar-refractivity contribution in [2.75, 3.05) is 0 Å². The van der Waals surface area contributed by atoms with Gasteiger partial charge in [0.05, 0.1) is 0 Å². The summed E-state index contributed by atoms with van der Waals surface area (Å²) in [6.45, 7) is 0. The number of carboxylic acids is 6. The molecule has 0 amide bonds. The summed E-state index contributed by atoms with van der Waals surface area (Å²) in [6, 6.07) is 0. The third kappa shape index (κ3) is 33.1. The summed E-state index contributed by atoms with van der Waals surface area (Å²) in [4.78, 5) is 58.6. The average molecular weight is 839 g/mol. The summed E-state index contributed by atoms with van der Waals surface area (Å²) in [6.07, 6.45) is -13.6. The maximum atomic E-state index is 9.77. The molecule has 0 saturated heterocycles. The Balaban J connectivity index is -0.0000000289. The molecule has 0 aliphatic carbocycles. The third-order valence-electron chi connectivity index (χ3n) is 2.42. The molecular formula is C12H30Ce2O24. The van der Waals surface area contributed by atoms with Crippen LogP contribution in [0.1, 0.15) is 0 Å². The van der Waals surface area contributed by atoms with E-state index >= 15 is 0 Å². The van der Waals surface area contributed by atoms with Crippen molar-refractivity contribution in [1.29, 1.82) is 0 Å². The van der Waals surface area contributed by atoms with Gasteiger partial charge in [0.1, 0.15) is 0 Å². The van der Waals surface area contributed by atoms with Gasteiger partial charge in [-0.3, -0.25) is 0 Å². The first-order chi connectivity index (χ1) is 13.4. The van der Waals surface area contributed by atoms with Gasteiger partial charge in [-0.25, -0.2) is 28.8 Å². The van der Waals surface area contributed by atoms with Crippen LogP contribution in [0.25, 0.3) is 0 Å². The second-order valence-corrected chi connectivity index (χ2v) is 4.70. The van der Waals surface area contributed by atoms with E-state index in [9.17, 15) is 28.8 Å². The van der Waals surface area contributed by atoms with Crippen molar-refractivity contribution in [2.24, 2.45) is 0 Å². The predicted octanol–water partition coefficient (Wildman–Crippen LogP) is -11.3. The molecule has 26 heteroatoms. The Morgan fingerprint density at radius 2 is 0.342 bits per heavy atom. The molecule has 0 aromatic rings. The molecule has 230 valence electrons. The van der Waals surface area contributed by atoms with Crippen LogP contribution in [-0.2, 0) is 28.8 Å². The van der Waals surface area contributed by atoms with Gasteiger partial charge >= 0.3 is 35.8 Å². The van der Waals surface area contributed by atoms with Gasteiger partial charge < -0.3 is 94.1 Å². The van der Waals surface area contributed by atoms with Crippen molar-refractivity contribution in [1.82, 2.24) is 0 Å². The first-order valence-electron chi connectivity index (χ1n) is 6.85. The zero-order valence-corrected chi connectivity index (χ0v) is 24.6. The van der Waals surface area contributed by atoms with Gasteiger partial charge in [-0.2, -0.15) is 0 Å². The van der Waals surface area contributed by atoms with Crippen LogP contribution in [0.2, 0.25) is 0 Å². The molecule has 0 heterocycles. The van der Waals surface area contributed by atoms with Crippen molar-refractivity contribution in [3.8, 4) is 0 Å². The van der Waals surface area contributed by atoms with E-state index in [1.807, 2.05) is 0 Å². The van der Waals surface area contributed by atoms with Gasteiger partial charge in [0.25, 0.3) is 0 Å². The molecule has 0 aliphatic rings. The Morgan fingerprint density at radius 3 is 0.368 bits per heavy atom. The van der Waals surface area contributed by atoms with Crippen LogP contribution in [0.15, 0.2) is 0 Å². The van der Waals surface area contributed by atoms with Crippen LogP contribution in [0.4, 0.5) is 0 Å². The Bertz CT molecular complexity index is 502. The van der Waals surface area contributed by atoms with Crippen LogP contribution >= 0.6 is 0 Å². The molecular weight excluding hydrogens is 808 g/mol. The molecule has 6 unspecified atom stereocenters. The Hall–Kier alpha value is -0.907. The molecule has 6 atom stereocenters. The fourth-order valence-electron chi connectivity index (χ4n) is 0.810. The Morgan fingerprint density at radius 1 is 0.289 bits per heavy atom. The number of hydrogen-bond acceptors (Lipinski definition) is 12. The normalized spacial score (nSPS) is 12.5. The molecule has 0 aromatic heterocycles. The second-order valence-electron chi connectivity index (χ2n) is 4.70. The number of carboxylic acid groups (broad SMARTS) is 6. The van der Waals surface area contributed by atoms with E-state index < -0.39 is 72.4 Å². The largest absolute Gasteiger partial charge is 0.479 e. The first kappa shape index (κ1) is 71.0. The molecule has 0 aliphatic heterocycles. The van der Waals surface area contributed by atoms with Crippen molar-refractivity contribution < 1.29 is 206 Å². The fourth-order valence-corrected chi connectivity index (χ4v) is 0.810. The summed E-state index contributed by atoms with van der Waals surface area (Å²) in [5.41, 5.74) is 0. The van der Waals surface area contributed by atoms with E-state index in [0.29, 0.717) is 0 Å². The maximum absolute atomic E-state index is 9.77. The van der Waals surface area contributed by atoms with E-state index in [0.717, 1.165) is 0 Å². The SMILES string of the molecule is O.O.O.O.O.O.O=C(O)C(O)C(O)C(=O)O.O=C(O)C(O)C(O)C(=O)O.O=C(O)C(O)C(O)C(=O)O.[Ce].[Ce]. The van der Waals surface area contributed by atoms with Crippen molar-refractivity contribution in [3.63, 3.8) is 0 Å². The molecule has 0 radical (unpaired) electrons. The monoisotopic (exact) mass is 838 g/mol. The van der Waals surface area contributed by atoms with Crippen molar-refractivity contribution in [2.45, 2.75) is 36.6 Å². The zero-order valence-electron chi connectivity index (χ0n) is 18.3. The number of carbonyl (C=O) groups is 6. The standard InChI is InChI=1S/3C4H6O6.2Ce.6H2O/c3*5-1(3(7)8)2(6)4(9)10;;;;;;;;/h3*1-2,5-6H,(H,7,8)(H,9,10);;;6*1H2.